The van der Waals surface area contributed by atoms with E-state index >= 15 is 0 Å². The summed E-state index contributed by atoms with van der Waals surface area (Å²) in [5.41, 5.74) is 4.07. The van der Waals surface area contributed by atoms with Gasteiger partial charge in [-0.1, -0.05) is 19.1 Å². The lowest BCUT2D eigenvalue weighted by molar-refractivity contribution is 0.103. The molecule has 0 aliphatic carbocycles. The molecule has 0 saturated heterocycles. The molecule has 1 aromatic heterocycles. The van der Waals surface area contributed by atoms with E-state index < -0.39 is 0 Å². The molecule has 0 N–H and O–H groups in total. The van der Waals surface area contributed by atoms with Crippen molar-refractivity contribution in [1.29, 1.82) is 0 Å². The van der Waals surface area contributed by atoms with Gasteiger partial charge in [0.15, 0.2) is 0 Å². The molecule has 1 aromatic carbocycles. The maximum atomic E-state index is 12.8. The second kappa shape index (κ2) is 5.87. The van der Waals surface area contributed by atoms with Gasteiger partial charge >= 0.3 is 0 Å². The number of aromatic nitrogens is 1. The SMILES string of the molecule is CCc1cccnc1C(=O)c1c(C)cc(C)cc1OC. The van der Waals surface area contributed by atoms with Crippen LogP contribution in [0.4, 0.5) is 0 Å². The van der Waals surface area contributed by atoms with Crippen LogP contribution in [0.5, 0.6) is 5.75 Å². The highest BCUT2D eigenvalue weighted by molar-refractivity contribution is 6.11. The molecule has 20 heavy (non-hydrogen) atoms. The minimum absolute atomic E-state index is 0.0724. The van der Waals surface area contributed by atoms with Gasteiger partial charge in [0.05, 0.1) is 12.7 Å². The molecular formula is C17H19NO2. The maximum Gasteiger partial charge on any atom is 0.215 e. The van der Waals surface area contributed by atoms with E-state index in [0.717, 1.165) is 23.1 Å². The number of aryl methyl sites for hydroxylation is 3. The zero-order chi connectivity index (χ0) is 14.7. The van der Waals surface area contributed by atoms with Crippen molar-refractivity contribution >= 4 is 5.78 Å². The van der Waals surface area contributed by atoms with Gasteiger partial charge < -0.3 is 4.74 Å². The van der Waals surface area contributed by atoms with Gasteiger partial charge in [0, 0.05) is 6.20 Å². The van der Waals surface area contributed by atoms with Crippen molar-refractivity contribution < 1.29 is 9.53 Å². The molecule has 0 bridgehead atoms. The summed E-state index contributed by atoms with van der Waals surface area (Å²) in [6, 6.07) is 7.67. The molecule has 0 aliphatic heterocycles. The predicted octanol–water partition coefficient (Wildman–Crippen LogP) is 3.50. The summed E-state index contributed by atoms with van der Waals surface area (Å²) in [6.45, 7) is 5.94. The molecule has 3 heteroatoms. The van der Waals surface area contributed by atoms with Crippen LogP contribution in [0.25, 0.3) is 0 Å². The van der Waals surface area contributed by atoms with E-state index in [1.165, 1.54) is 0 Å². The summed E-state index contributed by atoms with van der Waals surface area (Å²) in [4.78, 5) is 17.1. The van der Waals surface area contributed by atoms with Gasteiger partial charge in [0.25, 0.3) is 0 Å². The van der Waals surface area contributed by atoms with Gasteiger partial charge in [-0.25, -0.2) is 0 Å². The molecule has 0 atom stereocenters. The first-order valence-corrected chi connectivity index (χ1v) is 6.72. The first-order chi connectivity index (χ1) is 9.58. The first kappa shape index (κ1) is 14.3. The number of hydrogen-bond acceptors (Lipinski definition) is 3. The molecular weight excluding hydrogens is 250 g/mol. The van der Waals surface area contributed by atoms with Crippen LogP contribution < -0.4 is 4.74 Å². The fourth-order valence-corrected chi connectivity index (χ4v) is 2.43. The van der Waals surface area contributed by atoms with Crippen LogP contribution in [0.1, 0.15) is 39.7 Å². The van der Waals surface area contributed by atoms with Crippen LogP contribution in [0.2, 0.25) is 0 Å². The highest BCUT2D eigenvalue weighted by Crippen LogP contribution is 2.27. The standard InChI is InChI=1S/C17H19NO2/c1-5-13-7-6-8-18-16(13)17(19)15-12(3)9-11(2)10-14(15)20-4/h6-10H,5H2,1-4H3. The lowest BCUT2D eigenvalue weighted by atomic mass is 9.96. The summed E-state index contributed by atoms with van der Waals surface area (Å²) in [5, 5.41) is 0. The van der Waals surface area contributed by atoms with Gasteiger partial charge in [0.1, 0.15) is 11.4 Å². The Labute approximate surface area is 119 Å². The Balaban J connectivity index is 2.59. The Bertz CT molecular complexity index is 647. The van der Waals surface area contributed by atoms with Gasteiger partial charge in [-0.3, -0.25) is 9.78 Å². The van der Waals surface area contributed by atoms with Gasteiger partial charge in [-0.05, 0) is 49.1 Å². The summed E-state index contributed by atoms with van der Waals surface area (Å²) in [7, 11) is 1.59. The van der Waals surface area contributed by atoms with Gasteiger partial charge in [-0.2, -0.15) is 0 Å². The lowest BCUT2D eigenvalue weighted by Crippen LogP contribution is -2.11. The number of rotatable bonds is 4. The monoisotopic (exact) mass is 269 g/mol. The van der Waals surface area contributed by atoms with Crippen LogP contribution in [0.3, 0.4) is 0 Å². The highest BCUT2D eigenvalue weighted by Gasteiger charge is 2.20. The number of benzene rings is 1. The van der Waals surface area contributed by atoms with E-state index in [2.05, 4.69) is 4.98 Å². The zero-order valence-electron chi connectivity index (χ0n) is 12.4. The van der Waals surface area contributed by atoms with Crippen LogP contribution in [-0.2, 0) is 6.42 Å². The Kier molecular flexibility index (Phi) is 4.18. The number of carbonyl (C=O) groups excluding carboxylic acids is 1. The van der Waals surface area contributed by atoms with Crippen molar-refractivity contribution in [3.8, 4) is 5.75 Å². The number of pyridine rings is 1. The van der Waals surface area contributed by atoms with Crippen molar-refractivity contribution in [2.75, 3.05) is 7.11 Å². The Morgan fingerprint density at radius 3 is 2.70 bits per heavy atom. The Morgan fingerprint density at radius 1 is 1.30 bits per heavy atom. The molecule has 104 valence electrons. The molecule has 0 amide bonds. The van der Waals surface area contributed by atoms with Crippen molar-refractivity contribution in [2.24, 2.45) is 0 Å². The first-order valence-electron chi connectivity index (χ1n) is 6.72. The second-order valence-electron chi connectivity index (χ2n) is 4.85. The number of ketones is 1. The summed E-state index contributed by atoms with van der Waals surface area (Å²) >= 11 is 0. The van der Waals surface area contributed by atoms with E-state index in [1.54, 1.807) is 13.3 Å². The van der Waals surface area contributed by atoms with Crippen LogP contribution in [-0.4, -0.2) is 17.9 Å². The van der Waals surface area contributed by atoms with Crippen molar-refractivity contribution in [1.82, 2.24) is 4.98 Å². The zero-order valence-corrected chi connectivity index (χ0v) is 12.4. The number of methoxy groups -OCH3 is 1. The molecule has 0 saturated carbocycles. The number of nitrogens with zero attached hydrogens (tertiary/aromatic N) is 1. The fourth-order valence-electron chi connectivity index (χ4n) is 2.43. The van der Waals surface area contributed by atoms with E-state index in [-0.39, 0.29) is 5.78 Å². The maximum absolute atomic E-state index is 12.8. The van der Waals surface area contributed by atoms with Crippen LogP contribution in [0.15, 0.2) is 30.5 Å². The Hall–Kier alpha value is -2.16. The lowest BCUT2D eigenvalue weighted by Gasteiger charge is -2.13. The third-order valence-electron chi connectivity index (χ3n) is 3.38. The molecule has 1 heterocycles. The third-order valence-corrected chi connectivity index (χ3v) is 3.38. The van der Waals surface area contributed by atoms with E-state index in [9.17, 15) is 4.79 Å². The van der Waals surface area contributed by atoms with Gasteiger partial charge in [0.2, 0.25) is 5.78 Å². The second-order valence-corrected chi connectivity index (χ2v) is 4.85. The predicted molar refractivity (Wildman–Crippen MR) is 79.5 cm³/mol. The highest BCUT2D eigenvalue weighted by atomic mass is 16.5. The number of hydrogen-bond donors (Lipinski definition) is 0. The third kappa shape index (κ3) is 2.57. The van der Waals surface area contributed by atoms with Crippen molar-refractivity contribution in [3.63, 3.8) is 0 Å². The fraction of sp³-hybridized carbons (Fsp3) is 0.294. The molecule has 0 unspecified atom stereocenters. The number of carbonyl (C=O) groups is 1. The molecule has 0 spiro atoms. The van der Waals surface area contributed by atoms with Crippen molar-refractivity contribution in [3.05, 3.63) is 58.4 Å². The van der Waals surface area contributed by atoms with E-state index in [0.29, 0.717) is 17.0 Å². The minimum atomic E-state index is -0.0724. The average Bonchev–Trinajstić information content (AvgIpc) is 2.45. The largest absolute Gasteiger partial charge is 0.496 e. The smallest absolute Gasteiger partial charge is 0.215 e. The summed E-state index contributed by atoms with van der Waals surface area (Å²) in [5.74, 6) is 0.539. The molecule has 2 aromatic rings. The van der Waals surface area contributed by atoms with E-state index in [1.807, 2.05) is 45.0 Å². The van der Waals surface area contributed by atoms with Gasteiger partial charge in [-0.15, -0.1) is 0 Å². The van der Waals surface area contributed by atoms with Crippen LogP contribution in [0, 0.1) is 13.8 Å². The summed E-state index contributed by atoms with van der Waals surface area (Å²) in [6.07, 6.45) is 2.44. The quantitative estimate of drug-likeness (QED) is 0.797. The normalized spacial score (nSPS) is 10.4. The van der Waals surface area contributed by atoms with Crippen molar-refractivity contribution in [2.45, 2.75) is 27.2 Å². The summed E-state index contributed by atoms with van der Waals surface area (Å²) < 4.78 is 5.37. The average molecular weight is 269 g/mol. The number of ether oxygens (including phenoxy) is 1. The van der Waals surface area contributed by atoms with Crippen LogP contribution >= 0.6 is 0 Å². The molecule has 0 radical (unpaired) electrons. The minimum Gasteiger partial charge on any atom is -0.496 e. The van der Waals surface area contributed by atoms with E-state index in [4.69, 9.17) is 4.74 Å². The molecule has 3 nitrogen and oxygen atoms in total. The topological polar surface area (TPSA) is 39.2 Å². The Morgan fingerprint density at radius 2 is 2.05 bits per heavy atom. The molecule has 0 aliphatic rings. The molecule has 0 fully saturated rings. The molecule has 2 rings (SSSR count).